The molecule has 1 heterocycles. The first kappa shape index (κ1) is 18.5. The third-order valence-electron chi connectivity index (χ3n) is 3.60. The van der Waals surface area contributed by atoms with E-state index in [1.165, 1.54) is 36.4 Å². The van der Waals surface area contributed by atoms with Crippen LogP contribution in [-0.4, -0.2) is 30.1 Å². The van der Waals surface area contributed by atoms with Gasteiger partial charge in [-0.05, 0) is 42.0 Å². The predicted octanol–water partition coefficient (Wildman–Crippen LogP) is 2.71. The molecule has 6 nitrogen and oxygen atoms in total. The minimum absolute atomic E-state index is 0.142. The summed E-state index contributed by atoms with van der Waals surface area (Å²) in [7, 11) is -3.61. The maximum Gasteiger partial charge on any atom is 0.240 e. The Morgan fingerprint density at radius 2 is 1.92 bits per heavy atom. The number of hydrogen-bond donors (Lipinski definition) is 2. The molecule has 1 aromatic heterocycles. The molecule has 3 rings (SSSR count). The zero-order valence-corrected chi connectivity index (χ0v) is 15.2. The van der Waals surface area contributed by atoms with Crippen LogP contribution < -0.4 is 4.72 Å². The van der Waals surface area contributed by atoms with Gasteiger partial charge in [0, 0.05) is 24.4 Å². The number of hydrogen-bond acceptors (Lipinski definition) is 4. The highest BCUT2D eigenvalue weighted by atomic mass is 35.5. The maximum atomic E-state index is 13.2. The van der Waals surface area contributed by atoms with Crippen LogP contribution in [0.4, 0.5) is 4.39 Å². The van der Waals surface area contributed by atoms with Gasteiger partial charge in [0.15, 0.2) is 5.82 Å². The number of rotatable bonds is 7. The van der Waals surface area contributed by atoms with E-state index in [0.717, 1.165) is 5.56 Å². The molecule has 0 saturated carbocycles. The molecule has 3 aromatic rings. The number of sulfonamides is 1. The second kappa shape index (κ2) is 7.94. The number of nitrogens with one attached hydrogen (secondary N) is 2. The number of H-pyrrole nitrogens is 1. The fourth-order valence-corrected chi connectivity index (χ4v) is 3.52. The monoisotopic (exact) mass is 394 g/mol. The Bertz CT molecular complexity index is 990. The van der Waals surface area contributed by atoms with Crippen LogP contribution in [0.25, 0.3) is 0 Å². The van der Waals surface area contributed by atoms with Crippen LogP contribution >= 0.6 is 11.6 Å². The molecule has 26 heavy (non-hydrogen) atoms. The molecular formula is C17H16ClFN4O2S. The van der Waals surface area contributed by atoms with Gasteiger partial charge in [0.2, 0.25) is 10.0 Å². The molecule has 0 radical (unpaired) electrons. The second-order valence-electron chi connectivity index (χ2n) is 5.61. The molecule has 0 unspecified atom stereocenters. The summed E-state index contributed by atoms with van der Waals surface area (Å²) < 4.78 is 40.0. The molecule has 0 aliphatic rings. The Balaban J connectivity index is 1.55. The third kappa shape index (κ3) is 4.87. The first-order valence-electron chi connectivity index (χ1n) is 7.82. The highest BCUT2D eigenvalue weighted by Crippen LogP contribution is 2.14. The van der Waals surface area contributed by atoms with Gasteiger partial charge in [-0.1, -0.05) is 23.7 Å². The molecule has 0 saturated heterocycles. The van der Waals surface area contributed by atoms with Crippen LogP contribution in [0.5, 0.6) is 0 Å². The first-order chi connectivity index (χ1) is 12.4. The fraction of sp³-hybridized carbons (Fsp3) is 0.176. The first-order valence-corrected chi connectivity index (χ1v) is 9.68. The summed E-state index contributed by atoms with van der Waals surface area (Å²) in [5.74, 6) is 0.764. The van der Waals surface area contributed by atoms with Gasteiger partial charge in [0.25, 0.3) is 0 Å². The molecule has 9 heteroatoms. The summed E-state index contributed by atoms with van der Waals surface area (Å²) in [5.41, 5.74) is 0.774. The van der Waals surface area contributed by atoms with Gasteiger partial charge in [-0.25, -0.2) is 22.5 Å². The van der Waals surface area contributed by atoms with Crippen molar-refractivity contribution in [2.75, 3.05) is 6.54 Å². The lowest BCUT2D eigenvalue weighted by Gasteiger charge is -2.05. The molecule has 0 fully saturated rings. The minimum Gasteiger partial charge on any atom is -0.263 e. The van der Waals surface area contributed by atoms with E-state index in [2.05, 4.69) is 19.9 Å². The van der Waals surface area contributed by atoms with Crippen LogP contribution in [0.2, 0.25) is 5.02 Å². The average molecular weight is 395 g/mol. The molecule has 0 bridgehead atoms. The van der Waals surface area contributed by atoms with E-state index in [-0.39, 0.29) is 17.3 Å². The molecule has 0 aliphatic carbocycles. The van der Waals surface area contributed by atoms with E-state index in [9.17, 15) is 12.8 Å². The van der Waals surface area contributed by atoms with E-state index < -0.39 is 10.0 Å². The van der Waals surface area contributed by atoms with Gasteiger partial charge < -0.3 is 0 Å². The van der Waals surface area contributed by atoms with Crippen LogP contribution in [-0.2, 0) is 22.9 Å². The van der Waals surface area contributed by atoms with E-state index in [1.54, 1.807) is 12.1 Å². The average Bonchev–Trinajstić information content (AvgIpc) is 3.02. The number of benzene rings is 2. The Morgan fingerprint density at radius 1 is 1.15 bits per heavy atom. The SMILES string of the molecule is O=S(=O)(NCCc1n[nH]c(Cc2cccc(F)c2)n1)c1ccc(Cl)cc1. The third-order valence-corrected chi connectivity index (χ3v) is 5.33. The largest absolute Gasteiger partial charge is 0.263 e. The summed E-state index contributed by atoms with van der Waals surface area (Å²) >= 11 is 5.76. The standard InChI is InChI=1S/C17H16ClFN4O2S/c18-13-4-6-15(7-5-13)26(24,25)20-9-8-16-21-17(23-22-16)11-12-2-1-3-14(19)10-12/h1-7,10,20H,8-9,11H2,(H,21,22,23). The van der Waals surface area contributed by atoms with Crippen molar-refractivity contribution in [3.63, 3.8) is 0 Å². The van der Waals surface area contributed by atoms with Gasteiger partial charge in [-0.3, -0.25) is 5.10 Å². The Morgan fingerprint density at radius 3 is 2.65 bits per heavy atom. The molecule has 0 aliphatic heterocycles. The van der Waals surface area contributed by atoms with Gasteiger partial charge in [0.05, 0.1) is 4.90 Å². The molecule has 0 amide bonds. The van der Waals surface area contributed by atoms with Crippen LogP contribution in [0.15, 0.2) is 53.4 Å². The molecule has 0 spiro atoms. The van der Waals surface area contributed by atoms with Crippen molar-refractivity contribution in [3.05, 3.63) is 76.6 Å². The highest BCUT2D eigenvalue weighted by molar-refractivity contribution is 7.89. The summed E-state index contributed by atoms with van der Waals surface area (Å²) in [5, 5.41) is 7.31. The van der Waals surface area contributed by atoms with E-state index in [0.29, 0.717) is 29.5 Å². The Labute approximate surface area is 155 Å². The smallest absolute Gasteiger partial charge is 0.240 e. The second-order valence-corrected chi connectivity index (χ2v) is 7.81. The van der Waals surface area contributed by atoms with Crippen molar-refractivity contribution < 1.29 is 12.8 Å². The van der Waals surface area contributed by atoms with Gasteiger partial charge >= 0.3 is 0 Å². The molecule has 2 N–H and O–H groups in total. The Hall–Kier alpha value is -2.29. The fourth-order valence-electron chi connectivity index (χ4n) is 2.36. The number of aromatic nitrogens is 3. The van der Waals surface area contributed by atoms with Crippen molar-refractivity contribution in [1.29, 1.82) is 0 Å². The molecular weight excluding hydrogens is 379 g/mol. The van der Waals surface area contributed by atoms with Crippen molar-refractivity contribution in [1.82, 2.24) is 19.9 Å². The summed E-state index contributed by atoms with van der Waals surface area (Å²) in [4.78, 5) is 4.44. The molecule has 2 aromatic carbocycles. The van der Waals surface area contributed by atoms with Crippen molar-refractivity contribution in [3.8, 4) is 0 Å². The van der Waals surface area contributed by atoms with E-state index >= 15 is 0 Å². The van der Waals surface area contributed by atoms with E-state index in [4.69, 9.17) is 11.6 Å². The number of halogens is 2. The van der Waals surface area contributed by atoms with Crippen LogP contribution in [0.3, 0.4) is 0 Å². The molecule has 136 valence electrons. The zero-order chi connectivity index (χ0) is 18.6. The Kier molecular flexibility index (Phi) is 5.65. The predicted molar refractivity (Wildman–Crippen MR) is 95.9 cm³/mol. The lowest BCUT2D eigenvalue weighted by atomic mass is 10.1. The maximum absolute atomic E-state index is 13.2. The van der Waals surface area contributed by atoms with Crippen molar-refractivity contribution >= 4 is 21.6 Å². The lowest BCUT2D eigenvalue weighted by Crippen LogP contribution is -2.26. The number of nitrogens with zero attached hydrogens (tertiary/aromatic N) is 2. The number of aromatic amines is 1. The van der Waals surface area contributed by atoms with Gasteiger partial charge in [-0.15, -0.1) is 0 Å². The zero-order valence-electron chi connectivity index (χ0n) is 13.6. The van der Waals surface area contributed by atoms with Gasteiger partial charge in [0.1, 0.15) is 11.6 Å². The minimum atomic E-state index is -3.61. The van der Waals surface area contributed by atoms with Crippen LogP contribution in [0.1, 0.15) is 17.2 Å². The topological polar surface area (TPSA) is 87.7 Å². The highest BCUT2D eigenvalue weighted by Gasteiger charge is 2.14. The summed E-state index contributed by atoms with van der Waals surface area (Å²) in [6.45, 7) is 0.155. The normalized spacial score (nSPS) is 11.6. The quantitative estimate of drug-likeness (QED) is 0.645. The van der Waals surface area contributed by atoms with Crippen LogP contribution in [0, 0.1) is 5.82 Å². The molecule has 0 atom stereocenters. The van der Waals surface area contributed by atoms with E-state index in [1.807, 2.05) is 0 Å². The van der Waals surface area contributed by atoms with Crippen molar-refractivity contribution in [2.45, 2.75) is 17.7 Å². The van der Waals surface area contributed by atoms with Crippen molar-refractivity contribution in [2.24, 2.45) is 0 Å². The van der Waals surface area contributed by atoms with Gasteiger partial charge in [-0.2, -0.15) is 5.10 Å². The summed E-state index contributed by atoms with van der Waals surface area (Å²) in [6.07, 6.45) is 0.744. The summed E-state index contributed by atoms with van der Waals surface area (Å²) in [6, 6.07) is 12.2. The lowest BCUT2D eigenvalue weighted by molar-refractivity contribution is 0.581.